The van der Waals surface area contributed by atoms with E-state index in [2.05, 4.69) is 226 Å². The third kappa shape index (κ3) is 5.66. The molecule has 0 spiro atoms. The molecule has 0 saturated carbocycles. The predicted octanol–water partition coefficient (Wildman–Crippen LogP) is 15.7. The van der Waals surface area contributed by atoms with E-state index < -0.39 is 0 Å². The summed E-state index contributed by atoms with van der Waals surface area (Å²) < 4.78 is 7.44. The van der Waals surface area contributed by atoms with Crippen molar-refractivity contribution >= 4 is 65.4 Å². The van der Waals surface area contributed by atoms with Crippen LogP contribution in [0, 0.1) is 22.7 Å². The van der Waals surface area contributed by atoms with Crippen LogP contribution in [0.15, 0.2) is 224 Å². The fourth-order valence-electron chi connectivity index (χ4n) is 10.7. The number of benzene rings is 10. The molecule has 13 rings (SSSR count). The van der Waals surface area contributed by atoms with Crippen molar-refractivity contribution in [3.8, 4) is 62.6 Å². The summed E-state index contributed by atoms with van der Waals surface area (Å²) in [6, 6.07) is 84.1. The molecule has 0 saturated heterocycles. The first-order valence-corrected chi connectivity index (χ1v) is 22.5. The molecule has 0 bridgehead atoms. The van der Waals surface area contributed by atoms with Gasteiger partial charge in [0.1, 0.15) is 0 Å². The number of nitriles is 2. The molecule has 0 aliphatic rings. The van der Waals surface area contributed by atoms with Gasteiger partial charge in [-0.15, -0.1) is 0 Å². The van der Waals surface area contributed by atoms with Gasteiger partial charge in [-0.3, -0.25) is 0 Å². The Bertz CT molecular complexity index is 3850. The molecule has 0 radical (unpaired) electrons. The summed E-state index contributed by atoms with van der Waals surface area (Å²) in [5.74, 6) is 0. The van der Waals surface area contributed by atoms with Crippen LogP contribution in [-0.4, -0.2) is 13.7 Å². The number of para-hydroxylation sites is 6. The number of nitrogens with zero attached hydrogens (tertiary/aromatic N) is 5. The minimum absolute atomic E-state index is 0.582. The van der Waals surface area contributed by atoms with Crippen LogP contribution in [0.2, 0.25) is 0 Å². The van der Waals surface area contributed by atoms with Crippen LogP contribution < -0.4 is 0 Å². The lowest BCUT2D eigenvalue weighted by molar-refractivity contribution is 1.10. The van der Waals surface area contributed by atoms with Crippen LogP contribution >= 0.6 is 0 Å². The highest BCUT2D eigenvalue weighted by molar-refractivity contribution is 6.17. The van der Waals surface area contributed by atoms with E-state index in [1.807, 2.05) is 24.3 Å². The molecule has 0 fully saturated rings. The smallest absolute Gasteiger partial charge is 0.0991 e. The highest BCUT2D eigenvalue weighted by Gasteiger charge is 2.33. The zero-order valence-corrected chi connectivity index (χ0v) is 36.1. The lowest BCUT2D eigenvalue weighted by Crippen LogP contribution is -2.13. The third-order valence-electron chi connectivity index (χ3n) is 13.5. The van der Waals surface area contributed by atoms with Crippen molar-refractivity contribution in [2.75, 3.05) is 0 Å². The van der Waals surface area contributed by atoms with Gasteiger partial charge in [-0.05, 0) is 77.4 Å². The van der Waals surface area contributed by atoms with Crippen molar-refractivity contribution in [1.82, 2.24) is 13.7 Å². The van der Waals surface area contributed by atoms with Crippen molar-refractivity contribution in [1.29, 1.82) is 10.5 Å². The summed E-state index contributed by atoms with van der Waals surface area (Å²) in [5, 5.41) is 27.4. The summed E-state index contributed by atoms with van der Waals surface area (Å²) in [6.45, 7) is 0. The van der Waals surface area contributed by atoms with E-state index >= 15 is 0 Å². The SMILES string of the molecule is N#Cc1ccc(-c2c(-n3c4ccccc4c4ccccc43)c(-c3ccccc3)c(-n3c4ccccc4c4ccccc43)c(-c3ccc(C#N)cc3)c2-n2c3ccccc3c3ccccc32)cc1. The molecule has 3 aromatic heterocycles. The lowest BCUT2D eigenvalue weighted by atomic mass is 9.85. The second-order valence-electron chi connectivity index (χ2n) is 17.0. The van der Waals surface area contributed by atoms with E-state index in [0.29, 0.717) is 11.1 Å². The van der Waals surface area contributed by atoms with E-state index in [4.69, 9.17) is 0 Å². The van der Waals surface area contributed by atoms with Crippen molar-refractivity contribution in [2.24, 2.45) is 0 Å². The van der Waals surface area contributed by atoms with Crippen LogP contribution in [0.25, 0.3) is 116 Å². The quantitative estimate of drug-likeness (QED) is 0.167. The molecule has 310 valence electrons. The molecule has 0 aliphatic carbocycles. The minimum Gasteiger partial charge on any atom is -0.308 e. The van der Waals surface area contributed by atoms with Crippen LogP contribution in [0.1, 0.15) is 11.1 Å². The number of fused-ring (bicyclic) bond motifs is 9. The van der Waals surface area contributed by atoms with Gasteiger partial charge >= 0.3 is 0 Å². The highest BCUT2D eigenvalue weighted by atomic mass is 15.1. The molecule has 5 nitrogen and oxygen atoms in total. The molecule has 0 aliphatic heterocycles. The van der Waals surface area contributed by atoms with Crippen LogP contribution in [0.4, 0.5) is 0 Å². The van der Waals surface area contributed by atoms with Crippen molar-refractivity contribution in [2.45, 2.75) is 0 Å². The molecular weight excluding hydrogens is 815 g/mol. The first kappa shape index (κ1) is 38.1. The lowest BCUT2D eigenvalue weighted by Gasteiger charge is -2.31. The first-order valence-electron chi connectivity index (χ1n) is 22.5. The highest BCUT2D eigenvalue weighted by Crippen LogP contribution is 2.54. The number of hydrogen-bond acceptors (Lipinski definition) is 2. The van der Waals surface area contributed by atoms with Gasteiger partial charge in [0.05, 0.1) is 73.4 Å². The van der Waals surface area contributed by atoms with E-state index in [9.17, 15) is 10.5 Å². The van der Waals surface area contributed by atoms with E-state index in [-0.39, 0.29) is 0 Å². The first-order chi connectivity index (χ1) is 33.2. The second-order valence-corrected chi connectivity index (χ2v) is 17.0. The fourth-order valence-corrected chi connectivity index (χ4v) is 10.7. The monoisotopic (exact) mass is 851 g/mol. The Morgan fingerprint density at radius 2 is 0.463 bits per heavy atom. The van der Waals surface area contributed by atoms with Crippen LogP contribution in [0.5, 0.6) is 0 Å². The fraction of sp³-hybridized carbons (Fsp3) is 0. The zero-order valence-electron chi connectivity index (χ0n) is 36.1. The molecule has 0 N–H and O–H groups in total. The topological polar surface area (TPSA) is 62.4 Å². The molecular formula is C62H37N5. The van der Waals surface area contributed by atoms with E-state index in [0.717, 1.165) is 116 Å². The Morgan fingerprint density at radius 1 is 0.239 bits per heavy atom. The van der Waals surface area contributed by atoms with Gasteiger partial charge in [0, 0.05) is 49.0 Å². The maximum Gasteiger partial charge on any atom is 0.0991 e. The van der Waals surface area contributed by atoms with Crippen LogP contribution in [-0.2, 0) is 0 Å². The van der Waals surface area contributed by atoms with Gasteiger partial charge in [-0.2, -0.15) is 10.5 Å². The Hall–Kier alpha value is -9.42. The maximum absolute atomic E-state index is 10.2. The van der Waals surface area contributed by atoms with E-state index in [1.54, 1.807) is 0 Å². The Labute approximate surface area is 386 Å². The molecule has 0 atom stereocenters. The minimum atomic E-state index is 0.582. The molecule has 13 aromatic rings. The molecule has 0 unspecified atom stereocenters. The second kappa shape index (κ2) is 15.1. The van der Waals surface area contributed by atoms with Crippen molar-refractivity contribution in [3.63, 3.8) is 0 Å². The summed E-state index contributed by atoms with van der Waals surface area (Å²) in [4.78, 5) is 0. The molecule has 5 heteroatoms. The Balaban J connectivity index is 1.42. The molecule has 10 aromatic carbocycles. The van der Waals surface area contributed by atoms with Gasteiger partial charge in [-0.1, -0.05) is 164 Å². The largest absolute Gasteiger partial charge is 0.308 e. The average Bonchev–Trinajstić information content (AvgIpc) is 4.04. The van der Waals surface area contributed by atoms with Crippen molar-refractivity contribution < 1.29 is 0 Å². The number of hydrogen-bond donors (Lipinski definition) is 0. The zero-order chi connectivity index (χ0) is 44.6. The third-order valence-corrected chi connectivity index (χ3v) is 13.5. The van der Waals surface area contributed by atoms with E-state index in [1.165, 1.54) is 0 Å². The van der Waals surface area contributed by atoms with Gasteiger partial charge in [-0.25, -0.2) is 0 Å². The summed E-state index contributed by atoms with van der Waals surface area (Å²) in [6.07, 6.45) is 0. The van der Waals surface area contributed by atoms with Gasteiger partial charge in [0.25, 0.3) is 0 Å². The molecule has 0 amide bonds. The Kier molecular flexibility index (Phi) is 8.58. The normalized spacial score (nSPS) is 11.6. The average molecular weight is 852 g/mol. The predicted molar refractivity (Wildman–Crippen MR) is 275 cm³/mol. The molecule has 3 heterocycles. The van der Waals surface area contributed by atoms with Gasteiger partial charge in [0.2, 0.25) is 0 Å². The summed E-state index contributed by atoms with van der Waals surface area (Å²) >= 11 is 0. The van der Waals surface area contributed by atoms with Crippen LogP contribution in [0.3, 0.4) is 0 Å². The number of aromatic nitrogens is 3. The Morgan fingerprint density at radius 3 is 0.716 bits per heavy atom. The standard InChI is InChI=1S/C62H37N5/c63-38-40-30-34-43(35-31-40)58-60(65-51-24-10-4-18-45(51)46-19-5-11-25-52(46)65)57(42-16-2-1-3-17-42)61(66-53-26-12-6-20-47(53)48-21-7-13-27-54(48)66)59(44-36-32-41(39-64)33-37-44)62(58)67-55-28-14-8-22-49(55)50-23-9-15-29-56(50)67/h1-37H. The van der Waals surface area contributed by atoms with Crippen molar-refractivity contribution in [3.05, 3.63) is 236 Å². The summed E-state index contributed by atoms with van der Waals surface area (Å²) in [7, 11) is 0. The summed E-state index contributed by atoms with van der Waals surface area (Å²) in [5.41, 5.74) is 16.5. The van der Waals surface area contributed by atoms with Gasteiger partial charge < -0.3 is 13.7 Å². The maximum atomic E-state index is 10.2. The molecule has 67 heavy (non-hydrogen) atoms. The van der Waals surface area contributed by atoms with Gasteiger partial charge in [0.15, 0.2) is 0 Å². The number of rotatable bonds is 6.